The van der Waals surface area contributed by atoms with E-state index in [0.717, 1.165) is 29.0 Å². The average molecular weight is 334 g/mol. The van der Waals surface area contributed by atoms with E-state index in [1.807, 2.05) is 43.3 Å². The van der Waals surface area contributed by atoms with Gasteiger partial charge in [-0.1, -0.05) is 12.1 Å². The second-order valence-corrected chi connectivity index (χ2v) is 6.05. The molecular weight excluding hydrogens is 316 g/mol. The predicted molar refractivity (Wildman–Crippen MR) is 92.9 cm³/mol. The molecule has 0 fully saturated rings. The first-order valence-corrected chi connectivity index (χ1v) is 8.22. The lowest BCUT2D eigenvalue weighted by molar-refractivity contribution is 0.0940. The Labute approximate surface area is 145 Å². The highest BCUT2D eigenvalue weighted by Gasteiger charge is 2.16. The second kappa shape index (κ2) is 6.39. The largest absolute Gasteiger partial charge is 0.493 e. The van der Waals surface area contributed by atoms with Gasteiger partial charge < -0.3 is 10.1 Å². The fourth-order valence-electron chi connectivity index (χ4n) is 2.95. The highest BCUT2D eigenvalue weighted by molar-refractivity contribution is 5.94. The van der Waals surface area contributed by atoms with Crippen LogP contribution in [0.3, 0.4) is 0 Å². The van der Waals surface area contributed by atoms with Crippen molar-refractivity contribution in [3.63, 3.8) is 0 Å². The molecule has 0 saturated heterocycles. The summed E-state index contributed by atoms with van der Waals surface area (Å²) in [5.74, 6) is 0.802. The lowest BCUT2D eigenvalue weighted by atomic mass is 10.1. The molecule has 2 heterocycles. The Hall–Kier alpha value is -3.15. The third-order valence-electron chi connectivity index (χ3n) is 4.38. The number of hydrogen-bond donors (Lipinski definition) is 1. The van der Waals surface area contributed by atoms with Crippen molar-refractivity contribution in [3.8, 4) is 11.4 Å². The summed E-state index contributed by atoms with van der Waals surface area (Å²) in [6, 6.07) is 13.4. The maximum Gasteiger partial charge on any atom is 0.251 e. The monoisotopic (exact) mass is 334 g/mol. The number of nitrogens with one attached hydrogen (secondary N) is 1. The smallest absolute Gasteiger partial charge is 0.251 e. The van der Waals surface area contributed by atoms with Crippen LogP contribution in [0.25, 0.3) is 5.69 Å². The molecule has 2 aromatic carbocycles. The molecule has 126 valence electrons. The lowest BCUT2D eigenvalue weighted by Crippen LogP contribution is -2.26. The van der Waals surface area contributed by atoms with Gasteiger partial charge >= 0.3 is 0 Å². The average Bonchev–Trinajstić information content (AvgIpc) is 3.32. The van der Waals surface area contributed by atoms with Gasteiger partial charge in [0.1, 0.15) is 18.4 Å². The Morgan fingerprint density at radius 3 is 2.84 bits per heavy atom. The van der Waals surface area contributed by atoms with Crippen LogP contribution in [0.5, 0.6) is 5.75 Å². The zero-order valence-corrected chi connectivity index (χ0v) is 13.8. The molecule has 1 N–H and O–H groups in total. The Kier molecular flexibility index (Phi) is 3.93. The molecule has 6 heteroatoms. The number of ether oxygens (including phenoxy) is 1. The summed E-state index contributed by atoms with van der Waals surface area (Å²) < 4.78 is 7.18. The van der Waals surface area contributed by atoms with Crippen LogP contribution in [0, 0.1) is 0 Å². The molecule has 1 aliphatic rings. The summed E-state index contributed by atoms with van der Waals surface area (Å²) in [5, 5.41) is 7.15. The van der Waals surface area contributed by atoms with Crippen LogP contribution in [0.15, 0.2) is 55.1 Å². The Bertz CT molecular complexity index is 888. The fourth-order valence-corrected chi connectivity index (χ4v) is 2.95. The number of nitrogens with zero attached hydrogens (tertiary/aromatic N) is 3. The highest BCUT2D eigenvalue weighted by atomic mass is 16.5. The molecule has 1 unspecified atom stereocenters. The molecule has 0 bridgehead atoms. The number of hydrogen-bond acceptors (Lipinski definition) is 4. The van der Waals surface area contributed by atoms with E-state index in [1.165, 1.54) is 6.33 Å². The fraction of sp³-hybridized carbons (Fsp3) is 0.211. The van der Waals surface area contributed by atoms with Crippen LogP contribution in [0.4, 0.5) is 0 Å². The second-order valence-electron chi connectivity index (χ2n) is 6.05. The van der Waals surface area contributed by atoms with E-state index in [4.69, 9.17) is 4.74 Å². The minimum atomic E-state index is -0.0956. The molecule has 4 rings (SSSR count). The molecule has 6 nitrogen and oxygen atoms in total. The minimum Gasteiger partial charge on any atom is -0.493 e. The van der Waals surface area contributed by atoms with Crippen molar-refractivity contribution in [3.05, 3.63) is 71.8 Å². The van der Waals surface area contributed by atoms with E-state index in [-0.39, 0.29) is 11.9 Å². The van der Waals surface area contributed by atoms with Gasteiger partial charge in [-0.2, -0.15) is 5.10 Å². The van der Waals surface area contributed by atoms with E-state index in [2.05, 4.69) is 15.4 Å². The van der Waals surface area contributed by atoms with E-state index < -0.39 is 0 Å². The molecule has 0 aliphatic carbocycles. The quantitative estimate of drug-likeness (QED) is 0.796. The van der Waals surface area contributed by atoms with Gasteiger partial charge in [0, 0.05) is 12.0 Å². The van der Waals surface area contributed by atoms with Crippen molar-refractivity contribution in [1.82, 2.24) is 20.1 Å². The van der Waals surface area contributed by atoms with Crippen LogP contribution in [-0.4, -0.2) is 27.3 Å². The molecule has 0 saturated carbocycles. The van der Waals surface area contributed by atoms with Gasteiger partial charge in [-0.15, -0.1) is 0 Å². The third kappa shape index (κ3) is 3.10. The van der Waals surface area contributed by atoms with E-state index >= 15 is 0 Å². The first-order chi connectivity index (χ1) is 12.2. The molecule has 0 radical (unpaired) electrons. The number of carbonyl (C=O) groups excluding carboxylic acids is 1. The number of benzene rings is 2. The van der Waals surface area contributed by atoms with Crippen molar-refractivity contribution in [1.29, 1.82) is 0 Å². The third-order valence-corrected chi connectivity index (χ3v) is 4.38. The summed E-state index contributed by atoms with van der Waals surface area (Å²) >= 11 is 0. The van der Waals surface area contributed by atoms with Gasteiger partial charge in [-0.3, -0.25) is 4.79 Å². The summed E-state index contributed by atoms with van der Waals surface area (Å²) in [6.07, 6.45) is 4.01. The summed E-state index contributed by atoms with van der Waals surface area (Å²) in [5.41, 5.74) is 3.72. The predicted octanol–water partition coefficient (Wildman–Crippen LogP) is 2.69. The Balaban J connectivity index is 1.46. The van der Waals surface area contributed by atoms with Crippen molar-refractivity contribution >= 4 is 5.91 Å². The molecule has 0 spiro atoms. The van der Waals surface area contributed by atoms with Gasteiger partial charge in [0.25, 0.3) is 5.91 Å². The topological polar surface area (TPSA) is 69.0 Å². The zero-order valence-electron chi connectivity index (χ0n) is 13.8. The van der Waals surface area contributed by atoms with Crippen molar-refractivity contribution in [2.24, 2.45) is 0 Å². The van der Waals surface area contributed by atoms with Crippen LogP contribution in [-0.2, 0) is 6.42 Å². The normalized spacial score (nSPS) is 13.8. The lowest BCUT2D eigenvalue weighted by Gasteiger charge is -2.15. The van der Waals surface area contributed by atoms with Crippen LogP contribution in [0.2, 0.25) is 0 Å². The number of aromatic nitrogens is 3. The van der Waals surface area contributed by atoms with Crippen LogP contribution < -0.4 is 10.1 Å². The van der Waals surface area contributed by atoms with Crippen molar-refractivity contribution in [2.75, 3.05) is 6.61 Å². The minimum absolute atomic E-state index is 0.0810. The van der Waals surface area contributed by atoms with Crippen LogP contribution >= 0.6 is 0 Å². The summed E-state index contributed by atoms with van der Waals surface area (Å²) in [4.78, 5) is 16.4. The van der Waals surface area contributed by atoms with Crippen molar-refractivity contribution < 1.29 is 9.53 Å². The molecule has 1 aromatic heterocycles. The Morgan fingerprint density at radius 2 is 2.08 bits per heavy atom. The molecule has 25 heavy (non-hydrogen) atoms. The molecule has 3 aromatic rings. The van der Waals surface area contributed by atoms with Gasteiger partial charge in [-0.05, 0) is 48.4 Å². The van der Waals surface area contributed by atoms with Gasteiger partial charge in [0.15, 0.2) is 0 Å². The zero-order chi connectivity index (χ0) is 17.2. The first kappa shape index (κ1) is 15.4. The van der Waals surface area contributed by atoms with Crippen molar-refractivity contribution in [2.45, 2.75) is 19.4 Å². The maximum atomic E-state index is 12.5. The van der Waals surface area contributed by atoms with Gasteiger partial charge in [0.05, 0.1) is 18.3 Å². The number of fused-ring (bicyclic) bond motifs is 1. The van der Waals surface area contributed by atoms with Crippen LogP contribution in [0.1, 0.15) is 34.5 Å². The van der Waals surface area contributed by atoms with Gasteiger partial charge in [-0.25, -0.2) is 9.67 Å². The molecular formula is C19H18N4O2. The standard InChI is InChI=1S/C19H18N4O2/c1-13(14-2-5-17(6-3-14)23-12-20-11-21-23)22-19(24)16-4-7-18-15(10-16)8-9-25-18/h2-7,10-13H,8-9H2,1H3,(H,22,24). The van der Waals surface area contributed by atoms with E-state index in [9.17, 15) is 4.79 Å². The number of amides is 1. The van der Waals surface area contributed by atoms with E-state index in [1.54, 1.807) is 17.1 Å². The van der Waals surface area contributed by atoms with E-state index in [0.29, 0.717) is 12.2 Å². The molecule has 1 atom stereocenters. The molecule has 1 aliphatic heterocycles. The SMILES string of the molecule is CC(NC(=O)c1ccc2c(c1)CCO2)c1ccc(-n2cncn2)cc1. The molecule has 1 amide bonds. The maximum absolute atomic E-state index is 12.5. The Morgan fingerprint density at radius 1 is 1.24 bits per heavy atom. The summed E-state index contributed by atoms with van der Waals surface area (Å²) in [7, 11) is 0. The number of rotatable bonds is 4. The highest BCUT2D eigenvalue weighted by Crippen LogP contribution is 2.26. The number of carbonyl (C=O) groups is 1. The van der Waals surface area contributed by atoms with Gasteiger partial charge in [0.2, 0.25) is 0 Å². The first-order valence-electron chi connectivity index (χ1n) is 8.22. The summed E-state index contributed by atoms with van der Waals surface area (Å²) in [6.45, 7) is 2.66.